The summed E-state index contributed by atoms with van der Waals surface area (Å²) in [6, 6.07) is 12.9. The quantitative estimate of drug-likeness (QED) is 0.286. The van der Waals surface area contributed by atoms with Gasteiger partial charge in [0.25, 0.3) is 0 Å². The topological polar surface area (TPSA) is 35.3 Å². The molecule has 0 bridgehead atoms. The molecule has 5 aromatic rings. The highest BCUT2D eigenvalue weighted by Crippen LogP contribution is 2.45. The number of hydrogen-bond acceptors (Lipinski definition) is 4. The SMILES string of the molecule is CC1Cc2ccc3oc4ccnc(-c5cc(C(C)(C)C)c6sccc6c5)c4c3c2O1. The molecule has 0 radical (unpaired) electrons. The molecular formula is C26H23NO2S. The van der Waals surface area contributed by atoms with Crippen LogP contribution in [0.4, 0.5) is 0 Å². The predicted octanol–water partition coefficient (Wildman–Crippen LogP) is 7.48. The van der Waals surface area contributed by atoms with Crippen LogP contribution in [0, 0.1) is 0 Å². The summed E-state index contributed by atoms with van der Waals surface area (Å²) in [7, 11) is 0. The van der Waals surface area contributed by atoms with E-state index in [1.807, 2.05) is 23.6 Å². The molecule has 0 amide bonds. The number of furan rings is 1. The van der Waals surface area contributed by atoms with Crippen LogP contribution in [0.3, 0.4) is 0 Å². The second-order valence-electron chi connectivity index (χ2n) is 9.31. The Morgan fingerprint density at radius 3 is 2.70 bits per heavy atom. The van der Waals surface area contributed by atoms with E-state index < -0.39 is 0 Å². The lowest BCUT2D eigenvalue weighted by Gasteiger charge is -2.21. The molecular weight excluding hydrogens is 390 g/mol. The Morgan fingerprint density at radius 1 is 1.03 bits per heavy atom. The molecule has 0 fully saturated rings. The first-order chi connectivity index (χ1) is 14.4. The number of hydrogen-bond donors (Lipinski definition) is 0. The molecule has 150 valence electrons. The molecule has 4 heterocycles. The lowest BCUT2D eigenvalue weighted by Crippen LogP contribution is -2.11. The van der Waals surface area contributed by atoms with Crippen molar-refractivity contribution in [3.63, 3.8) is 0 Å². The normalized spacial score (nSPS) is 16.5. The maximum absolute atomic E-state index is 6.23. The minimum absolute atomic E-state index is 0.0469. The molecule has 0 N–H and O–H groups in total. The first-order valence-electron chi connectivity index (χ1n) is 10.4. The van der Waals surface area contributed by atoms with E-state index in [1.54, 1.807) is 0 Å². The van der Waals surface area contributed by atoms with Crippen LogP contribution in [0.5, 0.6) is 5.75 Å². The molecule has 1 atom stereocenters. The van der Waals surface area contributed by atoms with Crippen molar-refractivity contribution in [2.24, 2.45) is 0 Å². The zero-order valence-electron chi connectivity index (χ0n) is 17.6. The molecule has 0 aliphatic carbocycles. The Bertz CT molecular complexity index is 1450. The fourth-order valence-electron chi connectivity index (χ4n) is 4.66. The summed E-state index contributed by atoms with van der Waals surface area (Å²) in [5, 5.41) is 5.54. The van der Waals surface area contributed by atoms with Crippen molar-refractivity contribution in [2.45, 2.75) is 45.6 Å². The number of fused-ring (bicyclic) bond motifs is 6. The van der Waals surface area contributed by atoms with Crippen LogP contribution >= 0.6 is 11.3 Å². The van der Waals surface area contributed by atoms with Gasteiger partial charge in [-0.25, -0.2) is 0 Å². The second-order valence-corrected chi connectivity index (χ2v) is 10.2. The van der Waals surface area contributed by atoms with Gasteiger partial charge in [0.1, 0.15) is 23.0 Å². The third-order valence-corrected chi connectivity index (χ3v) is 7.01. The molecule has 6 rings (SSSR count). The van der Waals surface area contributed by atoms with Gasteiger partial charge in [-0.1, -0.05) is 26.8 Å². The molecule has 3 nitrogen and oxygen atoms in total. The number of pyridine rings is 1. The van der Waals surface area contributed by atoms with Crippen molar-refractivity contribution in [1.82, 2.24) is 4.98 Å². The number of aromatic nitrogens is 1. The molecule has 1 aliphatic rings. The van der Waals surface area contributed by atoms with Gasteiger partial charge in [0.05, 0.1) is 16.5 Å². The molecule has 1 unspecified atom stereocenters. The molecule has 2 aromatic carbocycles. The van der Waals surface area contributed by atoms with Crippen LogP contribution in [0.1, 0.15) is 38.8 Å². The van der Waals surface area contributed by atoms with Gasteiger partial charge in [0, 0.05) is 22.9 Å². The molecule has 4 heteroatoms. The fourth-order valence-corrected chi connectivity index (χ4v) is 5.77. The number of ether oxygens (including phenoxy) is 1. The van der Waals surface area contributed by atoms with Crippen LogP contribution in [0.15, 0.2) is 52.4 Å². The van der Waals surface area contributed by atoms with Gasteiger partial charge in [0.2, 0.25) is 0 Å². The minimum Gasteiger partial charge on any atom is -0.489 e. The summed E-state index contributed by atoms with van der Waals surface area (Å²) >= 11 is 1.81. The zero-order valence-corrected chi connectivity index (χ0v) is 18.4. The van der Waals surface area contributed by atoms with Crippen molar-refractivity contribution in [1.29, 1.82) is 0 Å². The highest BCUT2D eigenvalue weighted by molar-refractivity contribution is 7.17. The Labute approximate surface area is 179 Å². The van der Waals surface area contributed by atoms with E-state index in [2.05, 4.69) is 63.4 Å². The number of rotatable bonds is 1. The van der Waals surface area contributed by atoms with Crippen LogP contribution in [0.25, 0.3) is 43.3 Å². The van der Waals surface area contributed by atoms with E-state index in [4.69, 9.17) is 14.1 Å². The third-order valence-electron chi connectivity index (χ3n) is 6.04. The van der Waals surface area contributed by atoms with Gasteiger partial charge in [-0.2, -0.15) is 0 Å². The van der Waals surface area contributed by atoms with Gasteiger partial charge in [-0.3, -0.25) is 4.98 Å². The van der Waals surface area contributed by atoms with Gasteiger partial charge in [-0.15, -0.1) is 11.3 Å². The monoisotopic (exact) mass is 413 g/mol. The minimum atomic E-state index is 0.0469. The molecule has 30 heavy (non-hydrogen) atoms. The lowest BCUT2D eigenvalue weighted by molar-refractivity contribution is 0.257. The molecule has 0 spiro atoms. The molecule has 0 saturated heterocycles. The van der Waals surface area contributed by atoms with Gasteiger partial charge in [0.15, 0.2) is 0 Å². The first kappa shape index (κ1) is 18.0. The van der Waals surface area contributed by atoms with E-state index in [0.717, 1.165) is 45.4 Å². The Morgan fingerprint density at radius 2 is 1.87 bits per heavy atom. The third kappa shape index (κ3) is 2.53. The summed E-state index contributed by atoms with van der Waals surface area (Å²) in [6.45, 7) is 8.94. The first-order valence-corrected chi connectivity index (χ1v) is 11.3. The van der Waals surface area contributed by atoms with Crippen molar-refractivity contribution in [2.75, 3.05) is 0 Å². The van der Waals surface area contributed by atoms with Crippen molar-refractivity contribution < 1.29 is 9.15 Å². The van der Waals surface area contributed by atoms with Gasteiger partial charge >= 0.3 is 0 Å². The van der Waals surface area contributed by atoms with E-state index in [0.29, 0.717) is 0 Å². The highest BCUT2D eigenvalue weighted by Gasteiger charge is 2.27. The fraction of sp³-hybridized carbons (Fsp3) is 0.269. The number of thiophene rings is 1. The smallest absolute Gasteiger partial charge is 0.139 e. The van der Waals surface area contributed by atoms with Crippen molar-refractivity contribution >= 4 is 43.4 Å². The Kier molecular flexibility index (Phi) is 3.64. The predicted molar refractivity (Wildman–Crippen MR) is 125 cm³/mol. The average Bonchev–Trinajstić information content (AvgIpc) is 3.40. The van der Waals surface area contributed by atoms with E-state index >= 15 is 0 Å². The summed E-state index contributed by atoms with van der Waals surface area (Å²) in [5.74, 6) is 0.959. The van der Waals surface area contributed by atoms with Crippen LogP contribution in [0.2, 0.25) is 0 Å². The van der Waals surface area contributed by atoms with Crippen LogP contribution in [-0.2, 0) is 11.8 Å². The summed E-state index contributed by atoms with van der Waals surface area (Å²) in [6.07, 6.45) is 2.96. The second kappa shape index (κ2) is 6.08. The van der Waals surface area contributed by atoms with E-state index in [1.165, 1.54) is 21.2 Å². The molecule has 3 aromatic heterocycles. The van der Waals surface area contributed by atoms with Crippen LogP contribution < -0.4 is 4.74 Å². The van der Waals surface area contributed by atoms with Gasteiger partial charge < -0.3 is 9.15 Å². The standard InChI is InChI=1S/C26H23NO2S/c1-14-11-15-5-6-19-22(24(15)28-14)21-20(29-19)7-9-27-23(21)17-12-16-8-10-30-25(16)18(13-17)26(2,3)4/h5-10,12-14H,11H2,1-4H3. The van der Waals surface area contributed by atoms with Crippen molar-refractivity contribution in [3.8, 4) is 17.0 Å². The Hall–Kier alpha value is -2.85. The van der Waals surface area contributed by atoms with E-state index in [9.17, 15) is 0 Å². The maximum atomic E-state index is 6.23. The Balaban J connectivity index is 1.71. The van der Waals surface area contributed by atoms with Gasteiger partial charge in [-0.05, 0) is 64.6 Å². The lowest BCUT2D eigenvalue weighted by atomic mass is 9.84. The van der Waals surface area contributed by atoms with Crippen LogP contribution in [-0.4, -0.2) is 11.1 Å². The zero-order chi connectivity index (χ0) is 20.6. The van der Waals surface area contributed by atoms with E-state index in [-0.39, 0.29) is 11.5 Å². The molecule has 1 aliphatic heterocycles. The maximum Gasteiger partial charge on any atom is 0.139 e. The number of benzene rings is 2. The summed E-state index contributed by atoms with van der Waals surface area (Å²) < 4.78 is 13.8. The summed E-state index contributed by atoms with van der Waals surface area (Å²) in [5.41, 5.74) is 6.45. The highest BCUT2D eigenvalue weighted by atomic mass is 32.1. The average molecular weight is 414 g/mol. The van der Waals surface area contributed by atoms with Crippen molar-refractivity contribution in [3.05, 3.63) is 59.1 Å². The largest absolute Gasteiger partial charge is 0.489 e. The summed E-state index contributed by atoms with van der Waals surface area (Å²) in [4.78, 5) is 4.85. The molecule has 0 saturated carbocycles. The number of nitrogens with zero attached hydrogens (tertiary/aromatic N) is 1.